The second-order valence-electron chi connectivity index (χ2n) is 4.99. The molecule has 2 aromatic carbocycles. The van der Waals surface area contributed by atoms with E-state index in [1.165, 1.54) is 0 Å². The van der Waals surface area contributed by atoms with Gasteiger partial charge in [-0.3, -0.25) is 9.59 Å². The van der Waals surface area contributed by atoms with Crippen LogP contribution in [0.1, 0.15) is 11.1 Å². The predicted molar refractivity (Wildman–Crippen MR) is 97.3 cm³/mol. The summed E-state index contributed by atoms with van der Waals surface area (Å²) in [7, 11) is 0. The van der Waals surface area contributed by atoms with E-state index in [1.54, 1.807) is 18.2 Å². The molecule has 0 aliphatic heterocycles. The molecule has 27 heavy (non-hydrogen) atoms. The third-order valence-electron chi connectivity index (χ3n) is 3.09. The first-order valence-corrected chi connectivity index (χ1v) is 8.18. The SMILES string of the molecule is O=C(N/N=C\c1cccc(Cl)c1Cl)C(=O)Nc1ccc(Cl)c(C(F)(F)F)c1. The maximum absolute atomic E-state index is 12.8. The molecule has 0 saturated heterocycles. The van der Waals surface area contributed by atoms with Crippen LogP contribution in [-0.2, 0) is 15.8 Å². The average Bonchev–Trinajstić information content (AvgIpc) is 2.59. The average molecular weight is 439 g/mol. The number of hydrogen-bond donors (Lipinski definition) is 2. The minimum Gasteiger partial charge on any atom is -0.318 e. The molecule has 0 atom stereocenters. The minimum absolute atomic E-state index is 0.197. The first-order chi connectivity index (χ1) is 12.6. The van der Waals surface area contributed by atoms with Crippen LogP contribution in [0.3, 0.4) is 0 Å². The van der Waals surface area contributed by atoms with E-state index in [0.717, 1.165) is 18.3 Å². The lowest BCUT2D eigenvalue weighted by molar-refractivity contribution is -0.137. The predicted octanol–water partition coefficient (Wildman–Crippen LogP) is 4.75. The van der Waals surface area contributed by atoms with Gasteiger partial charge < -0.3 is 5.32 Å². The number of anilines is 1. The Morgan fingerprint density at radius 3 is 2.37 bits per heavy atom. The van der Waals surface area contributed by atoms with Crippen LogP contribution in [0.25, 0.3) is 0 Å². The zero-order valence-electron chi connectivity index (χ0n) is 13.1. The third kappa shape index (κ3) is 5.59. The lowest BCUT2D eigenvalue weighted by atomic mass is 10.2. The molecule has 0 aromatic heterocycles. The summed E-state index contributed by atoms with van der Waals surface area (Å²) >= 11 is 17.2. The first-order valence-electron chi connectivity index (χ1n) is 7.04. The zero-order chi connectivity index (χ0) is 20.2. The smallest absolute Gasteiger partial charge is 0.318 e. The van der Waals surface area contributed by atoms with Crippen molar-refractivity contribution < 1.29 is 22.8 Å². The minimum atomic E-state index is -4.71. The van der Waals surface area contributed by atoms with E-state index in [2.05, 4.69) is 5.10 Å². The van der Waals surface area contributed by atoms with Crippen LogP contribution >= 0.6 is 34.8 Å². The van der Waals surface area contributed by atoms with Crippen molar-refractivity contribution in [3.05, 3.63) is 62.6 Å². The summed E-state index contributed by atoms with van der Waals surface area (Å²) in [6.45, 7) is 0. The molecular weight excluding hydrogens is 430 g/mol. The maximum atomic E-state index is 12.8. The summed E-state index contributed by atoms with van der Waals surface area (Å²) < 4.78 is 38.4. The highest BCUT2D eigenvalue weighted by Crippen LogP contribution is 2.36. The Labute approximate surface area is 166 Å². The van der Waals surface area contributed by atoms with E-state index < -0.39 is 28.6 Å². The van der Waals surface area contributed by atoms with Gasteiger partial charge in [0.2, 0.25) is 0 Å². The molecule has 0 aliphatic carbocycles. The largest absolute Gasteiger partial charge is 0.417 e. The van der Waals surface area contributed by atoms with Gasteiger partial charge in [-0.1, -0.05) is 46.9 Å². The van der Waals surface area contributed by atoms with Crippen LogP contribution in [0, 0.1) is 0 Å². The molecule has 0 spiro atoms. The molecule has 0 bridgehead atoms. The van der Waals surface area contributed by atoms with Gasteiger partial charge in [0, 0.05) is 11.3 Å². The number of halogens is 6. The summed E-state index contributed by atoms with van der Waals surface area (Å²) in [6.07, 6.45) is -3.55. The topological polar surface area (TPSA) is 70.6 Å². The Bertz CT molecular complexity index is 918. The van der Waals surface area contributed by atoms with Crippen molar-refractivity contribution in [3.63, 3.8) is 0 Å². The molecule has 0 aliphatic rings. The van der Waals surface area contributed by atoms with Gasteiger partial charge in [-0.2, -0.15) is 18.3 Å². The Morgan fingerprint density at radius 2 is 1.70 bits per heavy atom. The third-order valence-corrected chi connectivity index (χ3v) is 4.25. The van der Waals surface area contributed by atoms with E-state index in [9.17, 15) is 22.8 Å². The number of hydrogen-bond acceptors (Lipinski definition) is 3. The van der Waals surface area contributed by atoms with Gasteiger partial charge in [-0.05, 0) is 24.3 Å². The zero-order valence-corrected chi connectivity index (χ0v) is 15.3. The molecule has 2 rings (SSSR count). The van der Waals surface area contributed by atoms with Crippen LogP contribution < -0.4 is 10.7 Å². The molecule has 0 radical (unpaired) electrons. The molecule has 2 N–H and O–H groups in total. The van der Waals surface area contributed by atoms with Crippen LogP contribution in [0.2, 0.25) is 15.1 Å². The van der Waals surface area contributed by atoms with Crippen LogP contribution in [0.5, 0.6) is 0 Å². The van der Waals surface area contributed by atoms with Crippen LogP contribution in [0.4, 0.5) is 18.9 Å². The molecule has 142 valence electrons. The van der Waals surface area contributed by atoms with E-state index >= 15 is 0 Å². The van der Waals surface area contributed by atoms with Crippen molar-refractivity contribution in [2.45, 2.75) is 6.18 Å². The van der Waals surface area contributed by atoms with E-state index in [0.29, 0.717) is 11.6 Å². The van der Waals surface area contributed by atoms with E-state index in [4.69, 9.17) is 34.8 Å². The van der Waals surface area contributed by atoms with Gasteiger partial charge in [0.15, 0.2) is 0 Å². The highest BCUT2D eigenvalue weighted by molar-refractivity contribution is 6.43. The van der Waals surface area contributed by atoms with Gasteiger partial charge in [-0.15, -0.1) is 0 Å². The fourth-order valence-corrected chi connectivity index (χ4v) is 2.42. The second kappa shape index (κ2) is 8.60. The molecule has 0 saturated carbocycles. The van der Waals surface area contributed by atoms with Crippen molar-refractivity contribution >= 4 is 58.5 Å². The Hall–Kier alpha value is -2.29. The lowest BCUT2D eigenvalue weighted by Gasteiger charge is -2.11. The molecule has 0 heterocycles. The number of rotatable bonds is 3. The van der Waals surface area contributed by atoms with E-state index in [-0.39, 0.29) is 15.7 Å². The molecule has 5 nitrogen and oxygen atoms in total. The highest BCUT2D eigenvalue weighted by atomic mass is 35.5. The van der Waals surface area contributed by atoms with Crippen molar-refractivity contribution in [3.8, 4) is 0 Å². The number of benzene rings is 2. The molecule has 0 unspecified atom stereocenters. The summed E-state index contributed by atoms with van der Waals surface area (Å²) in [4.78, 5) is 23.5. The molecule has 2 amide bonds. The molecular formula is C16H9Cl3F3N3O2. The Balaban J connectivity index is 2.03. The van der Waals surface area contributed by atoms with Crippen molar-refractivity contribution in [1.29, 1.82) is 0 Å². The number of amides is 2. The number of alkyl halides is 3. The summed E-state index contributed by atoms with van der Waals surface area (Å²) in [6, 6.07) is 7.41. The van der Waals surface area contributed by atoms with E-state index in [1.807, 2.05) is 10.7 Å². The van der Waals surface area contributed by atoms with Gasteiger partial charge in [0.05, 0.1) is 26.8 Å². The number of carbonyl (C=O) groups is 2. The molecule has 0 fully saturated rings. The van der Waals surface area contributed by atoms with Crippen molar-refractivity contribution in [2.24, 2.45) is 5.10 Å². The second-order valence-corrected chi connectivity index (χ2v) is 6.18. The van der Waals surface area contributed by atoms with Crippen molar-refractivity contribution in [2.75, 3.05) is 5.32 Å². The fraction of sp³-hybridized carbons (Fsp3) is 0.0625. The number of carbonyl (C=O) groups excluding carboxylic acids is 2. The van der Waals surface area contributed by atoms with Gasteiger partial charge in [0.1, 0.15) is 0 Å². The first kappa shape index (κ1) is 21.0. The highest BCUT2D eigenvalue weighted by Gasteiger charge is 2.33. The lowest BCUT2D eigenvalue weighted by Crippen LogP contribution is -2.32. The summed E-state index contributed by atoms with van der Waals surface area (Å²) in [5.74, 6) is -2.42. The van der Waals surface area contributed by atoms with Crippen LogP contribution in [0.15, 0.2) is 41.5 Å². The number of nitrogens with one attached hydrogen (secondary N) is 2. The van der Waals surface area contributed by atoms with Gasteiger partial charge in [-0.25, -0.2) is 5.43 Å². The monoisotopic (exact) mass is 437 g/mol. The molecule has 2 aromatic rings. The maximum Gasteiger partial charge on any atom is 0.417 e. The molecule has 11 heteroatoms. The standard InChI is InChI=1S/C16H9Cl3F3N3O2/c17-11-5-4-9(6-10(11)16(20,21)22)24-14(26)15(27)25-23-7-8-2-1-3-12(18)13(8)19/h1-7H,(H,24,26)(H,25,27)/b23-7-. The van der Waals surface area contributed by atoms with Crippen molar-refractivity contribution in [1.82, 2.24) is 5.43 Å². The normalized spacial score (nSPS) is 11.5. The quantitative estimate of drug-likeness (QED) is 0.412. The Kier molecular flexibility index (Phi) is 6.69. The number of hydrazone groups is 1. The summed E-state index contributed by atoms with van der Waals surface area (Å²) in [5.41, 5.74) is 0.911. The fourth-order valence-electron chi connectivity index (χ4n) is 1.84. The van der Waals surface area contributed by atoms with Gasteiger partial charge in [0.25, 0.3) is 0 Å². The number of nitrogens with zero attached hydrogens (tertiary/aromatic N) is 1. The summed E-state index contributed by atoms with van der Waals surface area (Å²) in [5, 5.41) is 5.50. The van der Waals surface area contributed by atoms with Crippen LogP contribution in [-0.4, -0.2) is 18.0 Å². The van der Waals surface area contributed by atoms with Gasteiger partial charge >= 0.3 is 18.0 Å². The Morgan fingerprint density at radius 1 is 1.00 bits per heavy atom.